The highest BCUT2D eigenvalue weighted by molar-refractivity contribution is 7.92. The zero-order chi connectivity index (χ0) is 23.1. The predicted octanol–water partition coefficient (Wildman–Crippen LogP) is 4.73. The summed E-state index contributed by atoms with van der Waals surface area (Å²) in [6.45, 7) is 1.83. The maximum Gasteiger partial charge on any atom is 0.264 e. The average molecular weight is 475 g/mol. The molecule has 0 atom stereocenters. The van der Waals surface area contributed by atoms with Gasteiger partial charge in [-0.3, -0.25) is 9.10 Å². The van der Waals surface area contributed by atoms with E-state index in [1.807, 2.05) is 31.2 Å². The Morgan fingerprint density at radius 2 is 1.59 bits per heavy atom. The standard InChI is InChI=1S/C24H24ClFN2O3S/c1-18-4-14-23(15-5-18)32(30,31)28(22-12-10-21(26)11-13-22)17-24(29)27-16-2-3-19-6-8-20(25)9-7-19/h4-15H,2-3,16-17H2,1H3,(H,27,29). The van der Waals surface area contributed by atoms with E-state index < -0.39 is 28.3 Å². The van der Waals surface area contributed by atoms with Gasteiger partial charge in [-0.25, -0.2) is 12.8 Å². The first-order chi connectivity index (χ1) is 15.3. The number of amides is 1. The molecule has 0 aromatic heterocycles. The number of benzene rings is 3. The summed E-state index contributed by atoms with van der Waals surface area (Å²) in [7, 11) is -4.02. The number of sulfonamides is 1. The van der Waals surface area contributed by atoms with Crippen molar-refractivity contribution in [3.05, 3.63) is 94.8 Å². The molecule has 5 nitrogen and oxygen atoms in total. The molecule has 0 unspecified atom stereocenters. The number of halogens is 2. The molecule has 0 saturated heterocycles. The molecule has 0 aliphatic rings. The van der Waals surface area contributed by atoms with Crippen LogP contribution < -0.4 is 9.62 Å². The number of hydrogen-bond acceptors (Lipinski definition) is 3. The zero-order valence-corrected chi connectivity index (χ0v) is 19.2. The van der Waals surface area contributed by atoms with Crippen LogP contribution in [0.2, 0.25) is 5.02 Å². The number of anilines is 1. The van der Waals surface area contributed by atoms with Crippen molar-refractivity contribution in [3.63, 3.8) is 0 Å². The minimum absolute atomic E-state index is 0.0583. The molecule has 168 valence electrons. The van der Waals surface area contributed by atoms with Gasteiger partial charge in [-0.2, -0.15) is 0 Å². The summed E-state index contributed by atoms with van der Waals surface area (Å²) in [5, 5.41) is 3.43. The highest BCUT2D eigenvalue weighted by Gasteiger charge is 2.27. The van der Waals surface area contributed by atoms with Crippen LogP contribution in [-0.2, 0) is 21.2 Å². The molecule has 0 aliphatic heterocycles. The first kappa shape index (κ1) is 23.8. The molecule has 0 aliphatic carbocycles. The second-order valence-corrected chi connectivity index (χ2v) is 9.68. The van der Waals surface area contributed by atoms with Crippen molar-refractivity contribution in [3.8, 4) is 0 Å². The average Bonchev–Trinajstić information content (AvgIpc) is 2.77. The van der Waals surface area contributed by atoms with E-state index in [-0.39, 0.29) is 10.6 Å². The lowest BCUT2D eigenvalue weighted by atomic mass is 10.1. The lowest BCUT2D eigenvalue weighted by Gasteiger charge is -2.24. The lowest BCUT2D eigenvalue weighted by molar-refractivity contribution is -0.119. The molecule has 1 N–H and O–H groups in total. The van der Waals surface area contributed by atoms with Crippen molar-refractivity contribution in [1.29, 1.82) is 0 Å². The van der Waals surface area contributed by atoms with Crippen LogP contribution in [0, 0.1) is 12.7 Å². The second kappa shape index (κ2) is 10.6. The van der Waals surface area contributed by atoms with Crippen LogP contribution in [0.1, 0.15) is 17.5 Å². The lowest BCUT2D eigenvalue weighted by Crippen LogP contribution is -2.41. The largest absolute Gasteiger partial charge is 0.355 e. The predicted molar refractivity (Wildman–Crippen MR) is 125 cm³/mol. The van der Waals surface area contributed by atoms with Gasteiger partial charge in [0.15, 0.2) is 0 Å². The first-order valence-electron chi connectivity index (χ1n) is 10.1. The number of aryl methyl sites for hydroxylation is 2. The molecule has 8 heteroatoms. The van der Waals surface area contributed by atoms with Gasteiger partial charge in [-0.05, 0) is 73.9 Å². The summed E-state index contributed by atoms with van der Waals surface area (Å²) in [5.74, 6) is -0.936. The molecular formula is C24H24ClFN2O3S. The summed E-state index contributed by atoms with van der Waals surface area (Å²) in [4.78, 5) is 12.6. The van der Waals surface area contributed by atoms with E-state index in [0.29, 0.717) is 18.0 Å². The van der Waals surface area contributed by atoms with Crippen LogP contribution in [0.25, 0.3) is 0 Å². The molecule has 32 heavy (non-hydrogen) atoms. The van der Waals surface area contributed by atoms with Crippen LogP contribution in [0.15, 0.2) is 77.7 Å². The summed E-state index contributed by atoms with van der Waals surface area (Å²) >= 11 is 5.88. The van der Waals surface area contributed by atoms with Crippen LogP contribution >= 0.6 is 11.6 Å². The monoisotopic (exact) mass is 474 g/mol. The maximum absolute atomic E-state index is 13.4. The van der Waals surface area contributed by atoms with Crippen molar-refractivity contribution in [2.45, 2.75) is 24.7 Å². The van der Waals surface area contributed by atoms with E-state index >= 15 is 0 Å². The summed E-state index contributed by atoms with van der Waals surface area (Å²) in [6.07, 6.45) is 1.44. The van der Waals surface area contributed by atoms with Gasteiger partial charge in [0.05, 0.1) is 10.6 Å². The second-order valence-electron chi connectivity index (χ2n) is 7.38. The first-order valence-corrected chi connectivity index (χ1v) is 11.9. The van der Waals surface area contributed by atoms with Crippen LogP contribution in [0.3, 0.4) is 0 Å². The highest BCUT2D eigenvalue weighted by Crippen LogP contribution is 2.24. The Kier molecular flexibility index (Phi) is 7.88. The fraction of sp³-hybridized carbons (Fsp3) is 0.208. The Bertz CT molecular complexity index is 1150. The SMILES string of the molecule is Cc1ccc(S(=O)(=O)N(CC(=O)NCCCc2ccc(Cl)cc2)c2ccc(F)cc2)cc1. The molecule has 0 bridgehead atoms. The Balaban J connectivity index is 1.69. The summed E-state index contributed by atoms with van der Waals surface area (Å²) in [5.41, 5.74) is 2.22. The third-order valence-corrected chi connectivity index (χ3v) is 6.93. The van der Waals surface area contributed by atoms with Gasteiger partial charge in [-0.1, -0.05) is 41.4 Å². The van der Waals surface area contributed by atoms with E-state index in [0.717, 1.165) is 34.0 Å². The molecule has 0 fully saturated rings. The number of carbonyl (C=O) groups excluding carboxylic acids is 1. The Hall–Kier alpha value is -2.90. The van der Waals surface area contributed by atoms with Crippen LogP contribution in [-0.4, -0.2) is 27.4 Å². The van der Waals surface area contributed by atoms with Gasteiger partial charge >= 0.3 is 0 Å². The molecule has 0 radical (unpaired) electrons. The smallest absolute Gasteiger partial charge is 0.264 e. The van der Waals surface area contributed by atoms with E-state index in [2.05, 4.69) is 5.32 Å². The van der Waals surface area contributed by atoms with E-state index in [4.69, 9.17) is 11.6 Å². The number of nitrogens with zero attached hydrogens (tertiary/aromatic N) is 1. The molecule has 0 heterocycles. The van der Waals surface area contributed by atoms with Crippen molar-refractivity contribution < 1.29 is 17.6 Å². The molecule has 3 aromatic rings. The minimum Gasteiger partial charge on any atom is -0.355 e. The topological polar surface area (TPSA) is 66.5 Å². The molecule has 3 rings (SSSR count). The fourth-order valence-electron chi connectivity index (χ4n) is 3.12. The van der Waals surface area contributed by atoms with Gasteiger partial charge in [0.25, 0.3) is 10.0 Å². The van der Waals surface area contributed by atoms with Crippen molar-refractivity contribution in [2.24, 2.45) is 0 Å². The van der Waals surface area contributed by atoms with Crippen molar-refractivity contribution >= 4 is 33.2 Å². The van der Waals surface area contributed by atoms with Crippen molar-refractivity contribution in [2.75, 3.05) is 17.4 Å². The third kappa shape index (κ3) is 6.31. The minimum atomic E-state index is -4.02. The Morgan fingerprint density at radius 1 is 0.969 bits per heavy atom. The molecular weight excluding hydrogens is 451 g/mol. The van der Waals surface area contributed by atoms with Gasteiger partial charge in [0.2, 0.25) is 5.91 Å². The maximum atomic E-state index is 13.4. The van der Waals surface area contributed by atoms with Crippen LogP contribution in [0.5, 0.6) is 0 Å². The Morgan fingerprint density at radius 3 is 2.22 bits per heavy atom. The number of rotatable bonds is 9. The van der Waals surface area contributed by atoms with Crippen molar-refractivity contribution in [1.82, 2.24) is 5.32 Å². The number of carbonyl (C=O) groups is 1. The van der Waals surface area contributed by atoms with E-state index in [1.165, 1.54) is 24.3 Å². The zero-order valence-electron chi connectivity index (χ0n) is 17.6. The number of hydrogen-bond donors (Lipinski definition) is 1. The summed E-state index contributed by atoms with van der Waals surface area (Å²) < 4.78 is 40.9. The third-order valence-electron chi connectivity index (χ3n) is 4.89. The molecule has 1 amide bonds. The van der Waals surface area contributed by atoms with Gasteiger partial charge in [-0.15, -0.1) is 0 Å². The quantitative estimate of drug-likeness (QED) is 0.456. The molecule has 0 saturated carbocycles. The number of nitrogens with one attached hydrogen (secondary N) is 1. The molecule has 0 spiro atoms. The van der Waals surface area contributed by atoms with E-state index in [1.54, 1.807) is 12.1 Å². The molecule has 3 aromatic carbocycles. The van der Waals surface area contributed by atoms with E-state index in [9.17, 15) is 17.6 Å². The van der Waals surface area contributed by atoms with Gasteiger partial charge < -0.3 is 5.32 Å². The Labute approximate surface area is 192 Å². The van der Waals surface area contributed by atoms with Crippen LogP contribution in [0.4, 0.5) is 10.1 Å². The normalized spacial score (nSPS) is 11.2. The fourth-order valence-corrected chi connectivity index (χ4v) is 4.66. The van der Waals surface area contributed by atoms with Gasteiger partial charge in [0, 0.05) is 11.6 Å². The van der Waals surface area contributed by atoms with Gasteiger partial charge in [0.1, 0.15) is 12.4 Å². The summed E-state index contributed by atoms with van der Waals surface area (Å²) in [6, 6.07) is 18.8. The highest BCUT2D eigenvalue weighted by atomic mass is 35.5.